The molecule has 0 aromatic heterocycles. The zero-order chi connectivity index (χ0) is 13.7. The minimum absolute atomic E-state index is 0.0895. The first kappa shape index (κ1) is 14.6. The first-order valence-corrected chi connectivity index (χ1v) is 6.67. The minimum atomic E-state index is -1.17. The third-order valence-corrected chi connectivity index (χ3v) is 3.84. The van der Waals surface area contributed by atoms with Gasteiger partial charge in [-0.05, 0) is 12.2 Å². The molecule has 1 fully saturated rings. The van der Waals surface area contributed by atoms with Gasteiger partial charge in [-0.3, -0.25) is 9.59 Å². The van der Waals surface area contributed by atoms with E-state index in [2.05, 4.69) is 0 Å². The van der Waals surface area contributed by atoms with Crippen molar-refractivity contribution >= 4 is 29.7 Å². The van der Waals surface area contributed by atoms with E-state index in [1.165, 1.54) is 4.90 Å². The molecule has 0 spiro atoms. The fraction of sp³-hybridized carbons (Fsp3) is 0.700. The number of nitrogens with zero attached hydrogens (tertiary/aromatic N) is 2. The average molecular weight is 275 g/mol. The van der Waals surface area contributed by atoms with Crippen LogP contribution in [0.5, 0.6) is 0 Å². The zero-order valence-electron chi connectivity index (χ0n) is 10.2. The minimum Gasteiger partial charge on any atom is -0.480 e. The number of hydrogen-bond acceptors (Lipinski definition) is 4. The Morgan fingerprint density at radius 3 is 2.50 bits per heavy atom. The van der Waals surface area contributed by atoms with Gasteiger partial charge in [0.25, 0.3) is 0 Å². The van der Waals surface area contributed by atoms with Crippen LogP contribution >= 0.6 is 11.8 Å². The Morgan fingerprint density at radius 1 is 1.39 bits per heavy atom. The molecule has 0 aromatic carbocycles. The Labute approximate surface area is 109 Å². The van der Waals surface area contributed by atoms with Crippen LogP contribution in [0, 0.1) is 0 Å². The molecule has 18 heavy (non-hydrogen) atoms. The number of urea groups is 1. The lowest BCUT2D eigenvalue weighted by Gasteiger charge is -2.29. The van der Waals surface area contributed by atoms with E-state index in [1.54, 1.807) is 18.8 Å². The number of rotatable bonds is 5. The van der Waals surface area contributed by atoms with Gasteiger partial charge in [-0.15, -0.1) is 0 Å². The van der Waals surface area contributed by atoms with Gasteiger partial charge in [-0.1, -0.05) is 0 Å². The van der Waals surface area contributed by atoms with Crippen LogP contribution < -0.4 is 5.73 Å². The summed E-state index contributed by atoms with van der Waals surface area (Å²) in [5.41, 5.74) is 5.01. The van der Waals surface area contributed by atoms with Crippen molar-refractivity contribution in [2.45, 2.75) is 12.5 Å². The van der Waals surface area contributed by atoms with Gasteiger partial charge in [-0.25, -0.2) is 4.79 Å². The second-order valence-corrected chi connectivity index (χ2v) is 5.28. The fourth-order valence-corrected chi connectivity index (χ4v) is 3.02. The number of carboxylic acids is 1. The molecule has 1 saturated heterocycles. The first-order valence-electron chi connectivity index (χ1n) is 5.51. The molecule has 8 heteroatoms. The molecule has 1 rings (SSSR count). The van der Waals surface area contributed by atoms with Crippen LogP contribution in [0.3, 0.4) is 0 Å². The molecular weight excluding hydrogens is 258 g/mol. The topological polar surface area (TPSA) is 104 Å². The van der Waals surface area contributed by atoms with Crippen molar-refractivity contribution in [1.82, 2.24) is 9.80 Å². The Hall–Kier alpha value is -1.44. The second-order valence-electron chi connectivity index (χ2n) is 4.13. The van der Waals surface area contributed by atoms with E-state index < -0.39 is 24.5 Å². The summed E-state index contributed by atoms with van der Waals surface area (Å²) in [6.45, 7) is -0.901. The number of primary amides is 1. The van der Waals surface area contributed by atoms with Crippen molar-refractivity contribution in [2.75, 3.05) is 31.6 Å². The maximum atomic E-state index is 12.1. The van der Waals surface area contributed by atoms with Crippen molar-refractivity contribution in [2.24, 2.45) is 5.73 Å². The highest BCUT2D eigenvalue weighted by atomic mass is 32.2. The molecule has 1 atom stereocenters. The number of carbonyl (C=O) groups is 3. The maximum Gasteiger partial charge on any atom is 0.323 e. The SMILES string of the molecule is CN(C(=O)N(CC(N)=O)CC(=O)O)C1CCSC1. The van der Waals surface area contributed by atoms with Gasteiger partial charge in [0.15, 0.2) is 0 Å². The van der Waals surface area contributed by atoms with Crippen molar-refractivity contribution in [1.29, 1.82) is 0 Å². The second kappa shape index (κ2) is 6.48. The summed E-state index contributed by atoms with van der Waals surface area (Å²) >= 11 is 1.75. The van der Waals surface area contributed by atoms with Crippen LogP contribution in [0.25, 0.3) is 0 Å². The molecule has 7 nitrogen and oxygen atoms in total. The van der Waals surface area contributed by atoms with Gasteiger partial charge < -0.3 is 20.6 Å². The highest BCUT2D eigenvalue weighted by molar-refractivity contribution is 7.99. The molecule has 0 aromatic rings. The van der Waals surface area contributed by atoms with E-state index in [9.17, 15) is 14.4 Å². The Morgan fingerprint density at radius 2 is 2.06 bits per heavy atom. The van der Waals surface area contributed by atoms with Gasteiger partial charge >= 0.3 is 12.0 Å². The highest BCUT2D eigenvalue weighted by Gasteiger charge is 2.28. The Balaban J connectivity index is 2.67. The zero-order valence-corrected chi connectivity index (χ0v) is 11.0. The van der Waals surface area contributed by atoms with Crippen LogP contribution in [0.4, 0.5) is 4.79 Å². The Kier molecular flexibility index (Phi) is 5.26. The van der Waals surface area contributed by atoms with Gasteiger partial charge in [-0.2, -0.15) is 11.8 Å². The van der Waals surface area contributed by atoms with Crippen LogP contribution in [-0.4, -0.2) is 70.5 Å². The lowest BCUT2D eigenvalue weighted by molar-refractivity contribution is -0.138. The Bertz CT molecular complexity index is 328. The maximum absolute atomic E-state index is 12.1. The molecule has 0 radical (unpaired) electrons. The van der Waals surface area contributed by atoms with Crippen LogP contribution in [0.1, 0.15) is 6.42 Å². The van der Waals surface area contributed by atoms with E-state index in [1.807, 2.05) is 0 Å². The van der Waals surface area contributed by atoms with E-state index >= 15 is 0 Å². The van der Waals surface area contributed by atoms with E-state index in [0.29, 0.717) is 0 Å². The summed E-state index contributed by atoms with van der Waals surface area (Å²) in [5, 5.41) is 8.72. The molecule has 1 aliphatic heterocycles. The number of hydrogen-bond donors (Lipinski definition) is 2. The highest BCUT2D eigenvalue weighted by Crippen LogP contribution is 2.22. The molecule has 0 bridgehead atoms. The molecule has 3 amide bonds. The fourth-order valence-electron chi connectivity index (χ4n) is 1.75. The summed E-state index contributed by atoms with van der Waals surface area (Å²) in [4.78, 5) is 36.0. The summed E-state index contributed by atoms with van der Waals surface area (Å²) in [6.07, 6.45) is 0.879. The number of nitrogens with two attached hydrogens (primary N) is 1. The van der Waals surface area contributed by atoms with Crippen LogP contribution in [0.2, 0.25) is 0 Å². The van der Waals surface area contributed by atoms with E-state index in [0.717, 1.165) is 22.8 Å². The summed E-state index contributed by atoms with van der Waals surface area (Å²) < 4.78 is 0. The van der Waals surface area contributed by atoms with Crippen molar-refractivity contribution in [3.8, 4) is 0 Å². The smallest absolute Gasteiger partial charge is 0.323 e. The third kappa shape index (κ3) is 4.10. The molecule has 3 N–H and O–H groups in total. The van der Waals surface area contributed by atoms with E-state index in [4.69, 9.17) is 10.8 Å². The lowest BCUT2D eigenvalue weighted by atomic mass is 10.2. The average Bonchev–Trinajstić information content (AvgIpc) is 2.78. The molecule has 0 saturated carbocycles. The van der Waals surface area contributed by atoms with Crippen LogP contribution in [0.15, 0.2) is 0 Å². The summed E-state index contributed by atoms with van der Waals surface area (Å²) in [6, 6.07) is -0.379. The van der Waals surface area contributed by atoms with Crippen LogP contribution in [-0.2, 0) is 9.59 Å². The lowest BCUT2D eigenvalue weighted by Crippen LogP contribution is -2.50. The molecule has 0 aliphatic carbocycles. The number of carboxylic acid groups (broad SMARTS) is 1. The predicted molar refractivity (Wildman–Crippen MR) is 67.3 cm³/mol. The predicted octanol–water partition coefficient (Wildman–Crippen LogP) is -0.584. The van der Waals surface area contributed by atoms with Crippen molar-refractivity contribution in [3.05, 3.63) is 0 Å². The van der Waals surface area contributed by atoms with Gasteiger partial charge in [0.1, 0.15) is 13.1 Å². The summed E-state index contributed by atoms with van der Waals surface area (Å²) in [5.74, 6) is -0.0749. The quantitative estimate of drug-likeness (QED) is 0.698. The standard InChI is InChI=1S/C10H17N3O4S/c1-12(7-2-3-18-6-7)10(17)13(4-8(11)14)5-9(15)16/h7H,2-6H2,1H3,(H2,11,14)(H,15,16). The first-order chi connectivity index (χ1) is 8.41. The van der Waals surface area contributed by atoms with Gasteiger partial charge in [0.05, 0.1) is 0 Å². The molecule has 1 aliphatic rings. The normalized spacial score (nSPS) is 18.4. The van der Waals surface area contributed by atoms with Crippen molar-refractivity contribution < 1.29 is 19.5 Å². The van der Waals surface area contributed by atoms with Gasteiger partial charge in [0, 0.05) is 18.8 Å². The van der Waals surface area contributed by atoms with Crippen molar-refractivity contribution in [3.63, 3.8) is 0 Å². The molecule has 1 heterocycles. The molecule has 1 unspecified atom stereocenters. The van der Waals surface area contributed by atoms with E-state index in [-0.39, 0.29) is 12.6 Å². The van der Waals surface area contributed by atoms with Gasteiger partial charge in [0.2, 0.25) is 5.91 Å². The number of carbonyl (C=O) groups excluding carboxylic acids is 2. The number of amides is 3. The monoisotopic (exact) mass is 275 g/mol. The molecule has 102 valence electrons. The largest absolute Gasteiger partial charge is 0.480 e. The number of aliphatic carboxylic acids is 1. The third-order valence-electron chi connectivity index (χ3n) is 2.70. The molecular formula is C10H17N3O4S. The number of thioether (sulfide) groups is 1. The summed E-state index contributed by atoms with van der Waals surface area (Å²) in [7, 11) is 1.62.